The Morgan fingerprint density at radius 2 is 1.85 bits per heavy atom. The van der Waals surface area contributed by atoms with Crippen molar-refractivity contribution in [1.82, 2.24) is 4.90 Å². The lowest BCUT2D eigenvalue weighted by Gasteiger charge is -2.31. The highest BCUT2D eigenvalue weighted by molar-refractivity contribution is 6.31. The second-order valence-corrected chi connectivity index (χ2v) is 7.53. The van der Waals surface area contributed by atoms with Gasteiger partial charge in [0.1, 0.15) is 5.60 Å². The van der Waals surface area contributed by atoms with Gasteiger partial charge in [-0.3, -0.25) is 9.69 Å². The summed E-state index contributed by atoms with van der Waals surface area (Å²) in [6, 6.07) is 13.6. The zero-order valence-corrected chi connectivity index (χ0v) is 17.3. The fourth-order valence-corrected chi connectivity index (χ4v) is 3.84. The third kappa shape index (κ3) is 4.95. The lowest BCUT2D eigenvalue weighted by Crippen LogP contribution is -2.31. The van der Waals surface area contributed by atoms with Crippen molar-refractivity contribution in [2.45, 2.75) is 25.0 Å². The number of hydrogen-bond donors (Lipinski definition) is 1. The van der Waals surface area contributed by atoms with Crippen molar-refractivity contribution in [2.75, 3.05) is 20.1 Å². The van der Waals surface area contributed by atoms with Gasteiger partial charge < -0.3 is 9.84 Å². The van der Waals surface area contributed by atoms with Crippen LogP contribution in [0.4, 0.5) is 0 Å². The summed E-state index contributed by atoms with van der Waals surface area (Å²) in [4.78, 5) is 12.7. The second kappa shape index (κ2) is 9.26. The molecule has 0 radical (unpaired) electrons. The Morgan fingerprint density at radius 3 is 2.52 bits per heavy atom. The maximum absolute atomic E-state index is 10.9. The van der Waals surface area contributed by atoms with Gasteiger partial charge in [-0.15, -0.1) is 12.4 Å². The van der Waals surface area contributed by atoms with Crippen LogP contribution in [0.15, 0.2) is 42.5 Å². The molecule has 7 heteroatoms. The van der Waals surface area contributed by atoms with Crippen molar-refractivity contribution in [3.63, 3.8) is 0 Å². The van der Waals surface area contributed by atoms with Crippen LogP contribution in [0.5, 0.6) is 0 Å². The van der Waals surface area contributed by atoms with Gasteiger partial charge >= 0.3 is 5.97 Å². The fraction of sp³-hybridized carbons (Fsp3) is 0.350. The molecule has 4 nitrogen and oxygen atoms in total. The molecule has 0 saturated carbocycles. The maximum atomic E-state index is 10.9. The van der Waals surface area contributed by atoms with E-state index >= 15 is 0 Å². The largest absolute Gasteiger partial charge is 0.480 e. The minimum Gasteiger partial charge on any atom is -0.480 e. The van der Waals surface area contributed by atoms with Crippen LogP contribution in [0, 0.1) is 0 Å². The third-order valence-corrected chi connectivity index (χ3v) is 5.25. The van der Waals surface area contributed by atoms with E-state index in [1.807, 2.05) is 49.5 Å². The monoisotopic (exact) mass is 429 g/mol. The number of halogens is 3. The average molecular weight is 431 g/mol. The number of rotatable bonds is 7. The molecule has 0 aromatic heterocycles. The molecular formula is C20H22Cl3NO3. The molecule has 146 valence electrons. The number of carbonyl (C=O) groups is 1. The smallest absolute Gasteiger partial charge is 0.317 e. The van der Waals surface area contributed by atoms with E-state index in [2.05, 4.69) is 0 Å². The van der Waals surface area contributed by atoms with Crippen LogP contribution >= 0.6 is 35.6 Å². The van der Waals surface area contributed by atoms with E-state index in [0.29, 0.717) is 23.2 Å². The van der Waals surface area contributed by atoms with Crippen LogP contribution in [0.1, 0.15) is 29.5 Å². The molecule has 0 bridgehead atoms. The Balaban J connectivity index is 0.00000261. The summed E-state index contributed by atoms with van der Waals surface area (Å²) < 4.78 is 6.32. The highest BCUT2D eigenvalue weighted by Gasteiger charge is 2.41. The first-order valence-corrected chi connectivity index (χ1v) is 9.25. The molecule has 1 aliphatic rings. The van der Waals surface area contributed by atoms with E-state index in [0.717, 1.165) is 29.5 Å². The number of aliphatic carboxylic acids is 1. The van der Waals surface area contributed by atoms with Gasteiger partial charge in [0.15, 0.2) is 0 Å². The molecule has 1 N–H and O–H groups in total. The van der Waals surface area contributed by atoms with E-state index in [-0.39, 0.29) is 19.0 Å². The topological polar surface area (TPSA) is 49.8 Å². The molecule has 0 aliphatic carbocycles. The average Bonchev–Trinajstić information content (AvgIpc) is 2.94. The first kappa shape index (κ1) is 22.0. The Morgan fingerprint density at radius 1 is 1.19 bits per heavy atom. The summed E-state index contributed by atoms with van der Waals surface area (Å²) in [5, 5.41) is 10.3. The van der Waals surface area contributed by atoms with Crippen molar-refractivity contribution in [2.24, 2.45) is 0 Å². The summed E-state index contributed by atoms with van der Waals surface area (Å²) in [5.74, 6) is -0.825. The van der Waals surface area contributed by atoms with Gasteiger partial charge in [0.05, 0.1) is 13.2 Å². The van der Waals surface area contributed by atoms with Crippen LogP contribution in [-0.4, -0.2) is 36.1 Å². The van der Waals surface area contributed by atoms with Crippen molar-refractivity contribution in [3.05, 3.63) is 69.2 Å². The third-order valence-electron chi connectivity index (χ3n) is 4.77. The zero-order chi connectivity index (χ0) is 18.7. The highest BCUT2D eigenvalue weighted by atomic mass is 35.5. The van der Waals surface area contributed by atoms with E-state index in [4.69, 9.17) is 33.0 Å². The Bertz CT molecular complexity index is 798. The first-order chi connectivity index (χ1) is 12.4. The van der Waals surface area contributed by atoms with Gasteiger partial charge in [0.2, 0.25) is 0 Å². The van der Waals surface area contributed by atoms with Crippen LogP contribution in [0.25, 0.3) is 0 Å². The fourth-order valence-electron chi connectivity index (χ4n) is 3.55. The Labute approximate surface area is 175 Å². The lowest BCUT2D eigenvalue weighted by molar-refractivity contribution is -0.138. The maximum Gasteiger partial charge on any atom is 0.317 e. The summed E-state index contributed by atoms with van der Waals surface area (Å²) in [7, 11) is 1.81. The number of benzene rings is 2. The van der Waals surface area contributed by atoms with Crippen LogP contribution in [0.2, 0.25) is 10.0 Å². The standard InChI is InChI=1S/C20H21Cl2NO3.ClH/c1-23(12-19(24)25)10-2-9-20(15-4-7-16(21)8-5-15)18-11-17(22)6-3-14(18)13-26-20;/h3-8,11H,2,9-10,12-13H2,1H3,(H,24,25);1H. The van der Waals surface area contributed by atoms with Gasteiger partial charge in [0.25, 0.3) is 0 Å². The zero-order valence-electron chi connectivity index (χ0n) is 15.0. The van der Waals surface area contributed by atoms with Gasteiger partial charge in [0, 0.05) is 10.0 Å². The molecule has 1 aliphatic heterocycles. The molecule has 2 aromatic rings. The summed E-state index contributed by atoms with van der Waals surface area (Å²) in [6.45, 7) is 1.22. The van der Waals surface area contributed by atoms with Crippen molar-refractivity contribution in [3.8, 4) is 0 Å². The summed E-state index contributed by atoms with van der Waals surface area (Å²) in [6.07, 6.45) is 1.52. The minimum absolute atomic E-state index is 0. The molecule has 1 heterocycles. The van der Waals surface area contributed by atoms with Gasteiger partial charge in [-0.2, -0.15) is 0 Å². The molecule has 27 heavy (non-hydrogen) atoms. The molecule has 1 atom stereocenters. The number of ether oxygens (including phenoxy) is 1. The molecule has 3 rings (SSSR count). The number of carboxylic acid groups (broad SMARTS) is 1. The predicted molar refractivity (Wildman–Crippen MR) is 110 cm³/mol. The quantitative estimate of drug-likeness (QED) is 0.672. The van der Waals surface area contributed by atoms with Crippen molar-refractivity contribution in [1.29, 1.82) is 0 Å². The SMILES string of the molecule is CN(CCCC1(c2ccc(Cl)cc2)OCc2ccc(Cl)cc21)CC(=O)O.Cl. The van der Waals surface area contributed by atoms with E-state index in [1.54, 1.807) is 4.90 Å². The predicted octanol–water partition coefficient (Wildman–Crippen LogP) is 4.99. The van der Waals surface area contributed by atoms with Crippen LogP contribution in [0.3, 0.4) is 0 Å². The molecule has 2 aromatic carbocycles. The first-order valence-electron chi connectivity index (χ1n) is 8.50. The van der Waals surface area contributed by atoms with Gasteiger partial charge in [-0.1, -0.05) is 41.4 Å². The lowest BCUT2D eigenvalue weighted by atomic mass is 9.82. The van der Waals surface area contributed by atoms with Gasteiger partial charge in [-0.25, -0.2) is 0 Å². The molecule has 0 spiro atoms. The molecule has 0 saturated heterocycles. The molecule has 0 amide bonds. The van der Waals surface area contributed by atoms with Crippen molar-refractivity contribution < 1.29 is 14.6 Å². The molecular weight excluding hydrogens is 409 g/mol. The van der Waals surface area contributed by atoms with E-state index < -0.39 is 11.6 Å². The minimum atomic E-state index is -0.825. The number of hydrogen-bond acceptors (Lipinski definition) is 3. The normalized spacial score (nSPS) is 18.2. The second-order valence-electron chi connectivity index (χ2n) is 6.66. The number of fused-ring (bicyclic) bond motifs is 1. The highest BCUT2D eigenvalue weighted by Crippen LogP contribution is 2.46. The van der Waals surface area contributed by atoms with E-state index in [1.165, 1.54) is 0 Å². The van der Waals surface area contributed by atoms with Gasteiger partial charge in [-0.05, 0) is 67.4 Å². The molecule has 0 fully saturated rings. The Hall–Kier alpha value is -1.30. The Kier molecular flexibility index (Phi) is 7.55. The van der Waals surface area contributed by atoms with Crippen molar-refractivity contribution >= 4 is 41.6 Å². The van der Waals surface area contributed by atoms with Crippen LogP contribution in [-0.2, 0) is 21.7 Å². The summed E-state index contributed by atoms with van der Waals surface area (Å²) in [5.41, 5.74) is 2.65. The number of likely N-dealkylation sites (N-methyl/N-ethyl adjacent to an activating group) is 1. The summed E-state index contributed by atoms with van der Waals surface area (Å²) >= 11 is 12.3. The number of carboxylic acids is 1. The van der Waals surface area contributed by atoms with E-state index in [9.17, 15) is 4.79 Å². The van der Waals surface area contributed by atoms with Crippen LogP contribution < -0.4 is 0 Å². The molecule has 1 unspecified atom stereocenters. The number of nitrogens with zero attached hydrogens (tertiary/aromatic N) is 1.